The lowest BCUT2D eigenvalue weighted by Crippen LogP contribution is -2.10. The monoisotopic (exact) mass is 349 g/mol. The lowest BCUT2D eigenvalue weighted by molar-refractivity contribution is 0.354. The minimum absolute atomic E-state index is 0.212. The molecule has 4 heteroatoms. The summed E-state index contributed by atoms with van der Waals surface area (Å²) in [6, 6.07) is 14.4. The Labute approximate surface area is 134 Å². The molecule has 1 unspecified atom stereocenters. The molecule has 2 aromatic carbocycles. The van der Waals surface area contributed by atoms with Crippen LogP contribution in [-0.2, 0) is 0 Å². The number of methoxy groups -OCH3 is 2. The number of anilines is 1. The number of rotatable bonds is 6. The average Bonchev–Trinajstić information content (AvgIpc) is 2.53. The Bertz CT molecular complexity index is 601. The van der Waals surface area contributed by atoms with Gasteiger partial charge in [-0.3, -0.25) is 0 Å². The topological polar surface area (TPSA) is 30.5 Å². The second kappa shape index (κ2) is 7.36. The fourth-order valence-electron chi connectivity index (χ4n) is 2.26. The van der Waals surface area contributed by atoms with Gasteiger partial charge < -0.3 is 14.8 Å². The van der Waals surface area contributed by atoms with E-state index in [1.165, 1.54) is 5.56 Å². The Morgan fingerprint density at radius 3 is 2.38 bits per heavy atom. The van der Waals surface area contributed by atoms with Gasteiger partial charge in [0.15, 0.2) is 11.5 Å². The van der Waals surface area contributed by atoms with E-state index in [-0.39, 0.29) is 6.04 Å². The molecule has 0 radical (unpaired) electrons. The highest BCUT2D eigenvalue weighted by Gasteiger charge is 2.13. The maximum absolute atomic E-state index is 5.38. The van der Waals surface area contributed by atoms with Gasteiger partial charge in [0.1, 0.15) is 0 Å². The molecule has 112 valence electrons. The summed E-state index contributed by atoms with van der Waals surface area (Å²) in [4.78, 5) is 0. The summed E-state index contributed by atoms with van der Waals surface area (Å²) in [5.74, 6) is 1.50. The largest absolute Gasteiger partial charge is 0.493 e. The molecule has 0 aromatic heterocycles. The summed E-state index contributed by atoms with van der Waals surface area (Å²) in [5.41, 5.74) is 2.25. The third-order valence-corrected chi connectivity index (χ3v) is 4.11. The van der Waals surface area contributed by atoms with Crippen LogP contribution < -0.4 is 14.8 Å². The molecular weight excluding hydrogens is 330 g/mol. The van der Waals surface area contributed by atoms with Crippen molar-refractivity contribution in [3.05, 3.63) is 52.5 Å². The summed E-state index contributed by atoms with van der Waals surface area (Å²) >= 11 is 3.57. The fraction of sp³-hybridized carbons (Fsp3) is 0.294. The van der Waals surface area contributed by atoms with Crippen molar-refractivity contribution < 1.29 is 9.47 Å². The number of halogens is 1. The lowest BCUT2D eigenvalue weighted by Gasteiger charge is -2.21. The molecule has 1 N–H and O–H groups in total. The van der Waals surface area contributed by atoms with E-state index in [1.54, 1.807) is 14.2 Å². The molecule has 0 aliphatic carbocycles. The normalized spacial score (nSPS) is 11.8. The van der Waals surface area contributed by atoms with Gasteiger partial charge in [0.25, 0.3) is 0 Å². The van der Waals surface area contributed by atoms with Crippen molar-refractivity contribution in [1.29, 1.82) is 0 Å². The van der Waals surface area contributed by atoms with Gasteiger partial charge in [0.05, 0.1) is 20.3 Å². The SMILES string of the molecule is CCC(Nc1ccccc1Br)c1ccc(OC)c(OC)c1. The molecule has 2 rings (SSSR count). The van der Waals surface area contributed by atoms with Gasteiger partial charge >= 0.3 is 0 Å². The van der Waals surface area contributed by atoms with Crippen molar-refractivity contribution in [2.75, 3.05) is 19.5 Å². The van der Waals surface area contributed by atoms with Crippen LogP contribution in [-0.4, -0.2) is 14.2 Å². The van der Waals surface area contributed by atoms with Crippen molar-refractivity contribution in [3.63, 3.8) is 0 Å². The van der Waals surface area contributed by atoms with E-state index in [0.717, 1.165) is 28.1 Å². The van der Waals surface area contributed by atoms with Gasteiger partial charge in [0.2, 0.25) is 0 Å². The second-order valence-corrected chi connectivity index (χ2v) is 5.55. The minimum atomic E-state index is 0.212. The molecular formula is C17H20BrNO2. The van der Waals surface area contributed by atoms with Crippen LogP contribution in [0.5, 0.6) is 11.5 Å². The summed E-state index contributed by atoms with van der Waals surface area (Å²) in [5, 5.41) is 3.56. The van der Waals surface area contributed by atoms with Crippen molar-refractivity contribution in [1.82, 2.24) is 0 Å². The summed E-state index contributed by atoms with van der Waals surface area (Å²) < 4.78 is 11.7. The van der Waals surface area contributed by atoms with Crippen LogP contribution in [0.15, 0.2) is 46.9 Å². The third-order valence-electron chi connectivity index (χ3n) is 3.42. The standard InChI is InChI=1S/C17H20BrNO2/c1-4-14(19-15-8-6-5-7-13(15)18)12-9-10-16(20-2)17(11-12)21-3/h5-11,14,19H,4H2,1-3H3. The first kappa shape index (κ1) is 15.7. The first-order valence-corrected chi connectivity index (χ1v) is 7.71. The lowest BCUT2D eigenvalue weighted by atomic mass is 10.0. The Balaban J connectivity index is 2.27. The number of hydrogen-bond acceptors (Lipinski definition) is 3. The Hall–Kier alpha value is -1.68. The molecule has 0 aliphatic heterocycles. The zero-order valence-electron chi connectivity index (χ0n) is 12.5. The predicted octanol–water partition coefficient (Wildman–Crippen LogP) is 5.03. The van der Waals surface area contributed by atoms with Crippen LogP contribution in [0.1, 0.15) is 24.9 Å². The molecule has 0 amide bonds. The van der Waals surface area contributed by atoms with E-state index in [0.29, 0.717) is 0 Å². The first-order valence-electron chi connectivity index (χ1n) is 6.92. The first-order chi connectivity index (χ1) is 10.2. The van der Waals surface area contributed by atoms with Crippen LogP contribution in [0.25, 0.3) is 0 Å². The third kappa shape index (κ3) is 3.70. The van der Waals surface area contributed by atoms with Crippen molar-refractivity contribution in [2.45, 2.75) is 19.4 Å². The van der Waals surface area contributed by atoms with Crippen molar-refractivity contribution in [2.24, 2.45) is 0 Å². The molecule has 1 atom stereocenters. The van der Waals surface area contributed by atoms with Gasteiger partial charge in [-0.25, -0.2) is 0 Å². The molecule has 0 aliphatic rings. The average molecular weight is 350 g/mol. The quantitative estimate of drug-likeness (QED) is 0.793. The van der Waals surface area contributed by atoms with E-state index in [9.17, 15) is 0 Å². The number of ether oxygens (including phenoxy) is 2. The smallest absolute Gasteiger partial charge is 0.161 e. The highest BCUT2D eigenvalue weighted by Crippen LogP contribution is 2.33. The summed E-state index contributed by atoms with van der Waals surface area (Å²) in [7, 11) is 3.30. The highest BCUT2D eigenvalue weighted by molar-refractivity contribution is 9.10. The molecule has 0 fully saturated rings. The molecule has 0 bridgehead atoms. The molecule has 0 heterocycles. The molecule has 0 saturated carbocycles. The maximum atomic E-state index is 5.38. The zero-order valence-corrected chi connectivity index (χ0v) is 14.1. The maximum Gasteiger partial charge on any atom is 0.161 e. The molecule has 0 saturated heterocycles. The fourth-order valence-corrected chi connectivity index (χ4v) is 2.66. The van der Waals surface area contributed by atoms with Crippen LogP contribution in [0.2, 0.25) is 0 Å². The summed E-state index contributed by atoms with van der Waals surface area (Å²) in [6.07, 6.45) is 0.969. The molecule has 3 nitrogen and oxygen atoms in total. The van der Waals surface area contributed by atoms with Crippen LogP contribution >= 0.6 is 15.9 Å². The number of para-hydroxylation sites is 1. The van der Waals surface area contributed by atoms with Gasteiger partial charge in [-0.15, -0.1) is 0 Å². The van der Waals surface area contributed by atoms with E-state index in [1.807, 2.05) is 30.3 Å². The van der Waals surface area contributed by atoms with E-state index in [2.05, 4.69) is 40.3 Å². The number of hydrogen-bond donors (Lipinski definition) is 1. The van der Waals surface area contributed by atoms with Crippen LogP contribution in [0.4, 0.5) is 5.69 Å². The van der Waals surface area contributed by atoms with Gasteiger partial charge in [-0.1, -0.05) is 25.1 Å². The van der Waals surface area contributed by atoms with Crippen molar-refractivity contribution >= 4 is 21.6 Å². The minimum Gasteiger partial charge on any atom is -0.493 e. The van der Waals surface area contributed by atoms with E-state index < -0.39 is 0 Å². The van der Waals surface area contributed by atoms with Crippen LogP contribution in [0.3, 0.4) is 0 Å². The Kier molecular flexibility index (Phi) is 5.51. The Morgan fingerprint density at radius 1 is 1.05 bits per heavy atom. The molecule has 0 spiro atoms. The Morgan fingerprint density at radius 2 is 1.76 bits per heavy atom. The van der Waals surface area contributed by atoms with Gasteiger partial charge in [-0.05, 0) is 52.2 Å². The summed E-state index contributed by atoms with van der Waals surface area (Å²) in [6.45, 7) is 2.16. The second-order valence-electron chi connectivity index (χ2n) is 4.70. The van der Waals surface area contributed by atoms with Crippen molar-refractivity contribution in [3.8, 4) is 11.5 Å². The molecule has 2 aromatic rings. The van der Waals surface area contributed by atoms with Gasteiger partial charge in [-0.2, -0.15) is 0 Å². The number of nitrogens with one attached hydrogen (secondary N) is 1. The zero-order chi connectivity index (χ0) is 15.2. The van der Waals surface area contributed by atoms with Crippen LogP contribution in [0, 0.1) is 0 Å². The predicted molar refractivity (Wildman–Crippen MR) is 90.3 cm³/mol. The van der Waals surface area contributed by atoms with E-state index >= 15 is 0 Å². The molecule has 21 heavy (non-hydrogen) atoms. The van der Waals surface area contributed by atoms with E-state index in [4.69, 9.17) is 9.47 Å². The highest BCUT2D eigenvalue weighted by atomic mass is 79.9. The van der Waals surface area contributed by atoms with Gasteiger partial charge in [0, 0.05) is 10.2 Å². The number of benzene rings is 2.